The molecule has 0 saturated carbocycles. The number of ether oxygens (including phenoxy) is 3. The maximum Gasteiger partial charge on any atom is 0.329 e. The molecule has 0 aromatic heterocycles. The number of nitrogens with one attached hydrogen (secondary N) is 1. The molecule has 0 aliphatic carbocycles. The normalized spacial score (nSPS) is 12.2. The van der Waals surface area contributed by atoms with Crippen molar-refractivity contribution in [2.45, 2.75) is 45.3 Å². The van der Waals surface area contributed by atoms with Crippen LogP contribution in [0.15, 0.2) is 0 Å². The molecule has 0 unspecified atom stereocenters. The second-order valence-corrected chi connectivity index (χ2v) is 6.42. The Bertz CT molecular complexity index is 371. The molecule has 0 bridgehead atoms. The van der Waals surface area contributed by atoms with E-state index in [9.17, 15) is 9.59 Å². The monoisotopic (exact) mass is 334 g/mol. The van der Waals surface area contributed by atoms with Gasteiger partial charge in [-0.3, -0.25) is 4.79 Å². The molecule has 8 nitrogen and oxygen atoms in total. The van der Waals surface area contributed by atoms with Crippen molar-refractivity contribution < 1.29 is 28.9 Å². The smallest absolute Gasteiger partial charge is 0.329 e. The molecule has 0 spiro atoms. The summed E-state index contributed by atoms with van der Waals surface area (Å²) in [6, 6.07) is 0. The molecule has 0 aromatic carbocycles. The lowest BCUT2D eigenvalue weighted by Gasteiger charge is -2.29. The van der Waals surface area contributed by atoms with E-state index < -0.39 is 18.2 Å². The molecular formula is C15H30N2O6. The van der Waals surface area contributed by atoms with Crippen molar-refractivity contribution in [3.8, 4) is 0 Å². The second kappa shape index (κ2) is 10.5. The van der Waals surface area contributed by atoms with Gasteiger partial charge >= 0.3 is 5.97 Å². The van der Waals surface area contributed by atoms with Gasteiger partial charge in [-0.15, -0.1) is 0 Å². The predicted molar refractivity (Wildman–Crippen MR) is 85.2 cm³/mol. The minimum atomic E-state index is -1.11. The quantitative estimate of drug-likeness (QED) is 0.438. The molecular weight excluding hydrogens is 304 g/mol. The van der Waals surface area contributed by atoms with Crippen LogP contribution in [-0.4, -0.2) is 67.7 Å². The fourth-order valence-corrected chi connectivity index (χ4v) is 1.63. The van der Waals surface area contributed by atoms with Crippen LogP contribution in [0.2, 0.25) is 0 Å². The first-order valence-corrected chi connectivity index (χ1v) is 7.62. The molecule has 0 aromatic rings. The van der Waals surface area contributed by atoms with Crippen LogP contribution in [0.5, 0.6) is 0 Å². The van der Waals surface area contributed by atoms with Crippen LogP contribution < -0.4 is 11.1 Å². The van der Waals surface area contributed by atoms with E-state index in [0.717, 1.165) is 0 Å². The average Bonchev–Trinajstić information content (AvgIpc) is 2.42. The lowest BCUT2D eigenvalue weighted by atomic mass is 10.1. The van der Waals surface area contributed by atoms with Crippen molar-refractivity contribution >= 4 is 11.9 Å². The third kappa shape index (κ3) is 13.0. The van der Waals surface area contributed by atoms with Gasteiger partial charge in [0.1, 0.15) is 13.2 Å². The summed E-state index contributed by atoms with van der Waals surface area (Å²) in [5, 5.41) is 11.1. The van der Waals surface area contributed by atoms with Gasteiger partial charge in [-0.05, 0) is 34.1 Å². The van der Waals surface area contributed by atoms with Gasteiger partial charge in [0.25, 0.3) is 0 Å². The van der Waals surface area contributed by atoms with Crippen LogP contribution in [0, 0.1) is 0 Å². The zero-order chi connectivity index (χ0) is 17.9. The molecule has 0 saturated heterocycles. The SMILES string of the molecule is CC(C)(CCOC(C)(C)CNC(=O)COCC(=O)O)OCCN. The second-order valence-electron chi connectivity index (χ2n) is 6.42. The minimum Gasteiger partial charge on any atom is -0.480 e. The van der Waals surface area contributed by atoms with Crippen molar-refractivity contribution in [2.24, 2.45) is 5.73 Å². The molecule has 8 heteroatoms. The van der Waals surface area contributed by atoms with Crippen molar-refractivity contribution in [1.29, 1.82) is 0 Å². The number of carbonyl (C=O) groups is 2. The summed E-state index contributed by atoms with van der Waals surface area (Å²) in [6.45, 7) is 8.64. The van der Waals surface area contributed by atoms with Crippen LogP contribution in [0.3, 0.4) is 0 Å². The van der Waals surface area contributed by atoms with Crippen LogP contribution in [-0.2, 0) is 23.8 Å². The number of hydrogen-bond donors (Lipinski definition) is 3. The Hall–Kier alpha value is -1.22. The molecule has 0 heterocycles. The molecule has 1 amide bonds. The zero-order valence-electron chi connectivity index (χ0n) is 14.5. The molecule has 4 N–H and O–H groups in total. The van der Waals surface area contributed by atoms with E-state index in [1.165, 1.54) is 0 Å². The molecule has 0 aliphatic heterocycles. The van der Waals surface area contributed by atoms with E-state index in [4.69, 9.17) is 25.1 Å². The Morgan fingerprint density at radius 1 is 1.04 bits per heavy atom. The summed E-state index contributed by atoms with van der Waals surface area (Å²) in [5.74, 6) is -1.49. The van der Waals surface area contributed by atoms with Gasteiger partial charge in [0.15, 0.2) is 0 Å². The minimum absolute atomic E-state index is 0.289. The number of nitrogens with two attached hydrogens (primary N) is 1. The van der Waals surface area contributed by atoms with Crippen LogP contribution in [0.25, 0.3) is 0 Å². The maximum atomic E-state index is 11.5. The Labute approximate surface area is 137 Å². The third-order valence-electron chi connectivity index (χ3n) is 2.98. The highest BCUT2D eigenvalue weighted by Gasteiger charge is 2.23. The first-order valence-electron chi connectivity index (χ1n) is 7.62. The van der Waals surface area contributed by atoms with Crippen molar-refractivity contribution in [2.75, 3.05) is 39.5 Å². The summed E-state index contributed by atoms with van der Waals surface area (Å²) in [6.07, 6.45) is 0.700. The summed E-state index contributed by atoms with van der Waals surface area (Å²) >= 11 is 0. The Morgan fingerprint density at radius 3 is 2.22 bits per heavy atom. The Balaban J connectivity index is 3.95. The van der Waals surface area contributed by atoms with E-state index in [-0.39, 0.29) is 18.1 Å². The van der Waals surface area contributed by atoms with Crippen molar-refractivity contribution in [3.05, 3.63) is 0 Å². The Morgan fingerprint density at radius 2 is 1.65 bits per heavy atom. The van der Waals surface area contributed by atoms with Crippen molar-refractivity contribution in [3.63, 3.8) is 0 Å². The average molecular weight is 334 g/mol. The number of hydrogen-bond acceptors (Lipinski definition) is 6. The van der Waals surface area contributed by atoms with Gasteiger partial charge in [-0.2, -0.15) is 0 Å². The molecule has 23 heavy (non-hydrogen) atoms. The van der Waals surface area contributed by atoms with E-state index in [2.05, 4.69) is 5.32 Å². The Kier molecular flexibility index (Phi) is 9.98. The number of carboxylic acid groups (broad SMARTS) is 1. The molecule has 0 atom stereocenters. The summed E-state index contributed by atoms with van der Waals surface area (Å²) in [4.78, 5) is 21.8. The van der Waals surface area contributed by atoms with E-state index in [1.54, 1.807) is 0 Å². The summed E-state index contributed by atoms with van der Waals surface area (Å²) in [5.41, 5.74) is 4.55. The standard InChI is InChI=1S/C15H30N2O6/c1-14(2,23-8-6-16)5-7-22-15(3,4)11-17-12(18)9-21-10-13(19)20/h5-11,16H2,1-4H3,(H,17,18)(H,19,20). The maximum absolute atomic E-state index is 11.5. The summed E-state index contributed by atoms with van der Waals surface area (Å²) < 4.78 is 16.1. The highest BCUT2D eigenvalue weighted by atomic mass is 16.5. The summed E-state index contributed by atoms with van der Waals surface area (Å²) in [7, 11) is 0. The molecule has 0 rings (SSSR count). The first-order chi connectivity index (χ1) is 10.6. The van der Waals surface area contributed by atoms with Crippen molar-refractivity contribution in [1.82, 2.24) is 5.32 Å². The van der Waals surface area contributed by atoms with Gasteiger partial charge in [0, 0.05) is 13.1 Å². The zero-order valence-corrected chi connectivity index (χ0v) is 14.5. The number of aliphatic carboxylic acids is 1. The van der Waals surface area contributed by atoms with E-state index in [0.29, 0.717) is 32.7 Å². The fourth-order valence-electron chi connectivity index (χ4n) is 1.63. The van der Waals surface area contributed by atoms with Gasteiger partial charge in [0.05, 0.1) is 24.4 Å². The van der Waals surface area contributed by atoms with Crippen LogP contribution in [0.1, 0.15) is 34.1 Å². The molecule has 0 radical (unpaired) electrons. The topological polar surface area (TPSA) is 120 Å². The van der Waals surface area contributed by atoms with Crippen LogP contribution in [0.4, 0.5) is 0 Å². The van der Waals surface area contributed by atoms with E-state index >= 15 is 0 Å². The molecule has 0 aliphatic rings. The number of rotatable bonds is 13. The van der Waals surface area contributed by atoms with Gasteiger partial charge in [0.2, 0.25) is 5.91 Å². The largest absolute Gasteiger partial charge is 0.480 e. The van der Waals surface area contributed by atoms with Crippen LogP contribution >= 0.6 is 0 Å². The number of carbonyl (C=O) groups excluding carboxylic acids is 1. The number of carboxylic acids is 1. The van der Waals surface area contributed by atoms with Gasteiger partial charge < -0.3 is 30.4 Å². The third-order valence-corrected chi connectivity index (χ3v) is 2.98. The highest BCUT2D eigenvalue weighted by Crippen LogP contribution is 2.16. The van der Waals surface area contributed by atoms with E-state index in [1.807, 2.05) is 27.7 Å². The first kappa shape index (κ1) is 21.8. The lowest BCUT2D eigenvalue weighted by Crippen LogP contribution is -2.42. The lowest BCUT2D eigenvalue weighted by molar-refractivity contribution is -0.143. The van der Waals surface area contributed by atoms with Gasteiger partial charge in [-0.1, -0.05) is 0 Å². The number of amides is 1. The fraction of sp³-hybridized carbons (Fsp3) is 0.867. The molecule has 0 fully saturated rings. The highest BCUT2D eigenvalue weighted by molar-refractivity contribution is 5.77. The molecule has 136 valence electrons. The van der Waals surface area contributed by atoms with Gasteiger partial charge in [-0.25, -0.2) is 4.79 Å². The predicted octanol–water partition coefficient (Wildman–Crippen LogP) is 0.143.